The van der Waals surface area contributed by atoms with Gasteiger partial charge in [-0.25, -0.2) is 29.3 Å². The molecule has 9 nitrogen and oxygen atoms in total. The van der Waals surface area contributed by atoms with Gasteiger partial charge >= 0.3 is 0 Å². The molecule has 4 aromatic carbocycles. The molecular formula is C57H69ClO9. The van der Waals surface area contributed by atoms with E-state index >= 15 is 0 Å². The summed E-state index contributed by atoms with van der Waals surface area (Å²) in [5.74, 6) is 0.641. The fourth-order valence-corrected chi connectivity index (χ4v) is 9.55. The zero-order chi connectivity index (χ0) is 46.9. The largest absolute Gasteiger partial charge is 0.344 e. The zero-order valence-electron chi connectivity index (χ0n) is 39.6. The van der Waals surface area contributed by atoms with E-state index in [2.05, 4.69) is 89.0 Å². The van der Waals surface area contributed by atoms with Crippen LogP contribution in [0.5, 0.6) is 0 Å². The van der Waals surface area contributed by atoms with Crippen LogP contribution < -0.4 is 0 Å². The average molecular weight is 934 g/mol. The van der Waals surface area contributed by atoms with Gasteiger partial charge < -0.3 is 14.2 Å². The minimum atomic E-state index is -0.541. The maximum absolute atomic E-state index is 6.09. The van der Waals surface area contributed by atoms with Gasteiger partial charge in [0, 0.05) is 43.5 Å². The van der Waals surface area contributed by atoms with E-state index in [1.807, 2.05) is 60.7 Å². The Balaban J connectivity index is 0.000000138. The smallest absolute Gasteiger partial charge is 0.201 e. The monoisotopic (exact) mass is 932 g/mol. The number of hydrogen-bond donors (Lipinski definition) is 0. The van der Waals surface area contributed by atoms with Crippen LogP contribution in [-0.2, 0) is 43.5 Å². The number of benzene rings is 4. The molecule has 67 heavy (non-hydrogen) atoms. The number of ether oxygens (including phenoxy) is 3. The Bertz CT molecular complexity index is 2170. The van der Waals surface area contributed by atoms with Crippen molar-refractivity contribution in [3.05, 3.63) is 151 Å². The molecule has 3 heterocycles. The maximum atomic E-state index is 6.09. The van der Waals surface area contributed by atoms with Gasteiger partial charge in [0.2, 0.25) is 17.4 Å². The highest BCUT2D eigenvalue weighted by Crippen LogP contribution is 2.42. The lowest BCUT2D eigenvalue weighted by Crippen LogP contribution is -2.47. The summed E-state index contributed by atoms with van der Waals surface area (Å²) >= 11 is 5.90. The summed E-state index contributed by atoms with van der Waals surface area (Å²) in [6.07, 6.45) is 11.4. The van der Waals surface area contributed by atoms with Gasteiger partial charge in [-0.1, -0.05) is 149 Å². The second-order valence-electron chi connectivity index (χ2n) is 19.6. The van der Waals surface area contributed by atoms with Gasteiger partial charge in [-0.2, -0.15) is 0 Å². The molecule has 10 heteroatoms. The van der Waals surface area contributed by atoms with Crippen molar-refractivity contribution in [2.75, 3.05) is 19.8 Å². The van der Waals surface area contributed by atoms with Crippen molar-refractivity contribution < 1.29 is 43.5 Å². The lowest BCUT2D eigenvalue weighted by atomic mass is 9.86. The van der Waals surface area contributed by atoms with Crippen LogP contribution in [0.25, 0.3) is 27.8 Å². The van der Waals surface area contributed by atoms with Crippen LogP contribution in [0, 0.1) is 17.8 Å². The average Bonchev–Trinajstić information content (AvgIpc) is 3.38. The first-order chi connectivity index (χ1) is 32.4. The molecule has 3 atom stereocenters. The zero-order valence-corrected chi connectivity index (χ0v) is 40.4. The molecule has 0 N–H and O–H groups in total. The standard InChI is InChI=1S/C23H26O3.C17H21ClO3.C17H22O3/c1-17-12-14-23(15-13-17)24-16-22(25-26-23)18(2)19-8-10-21(11-9-19)20-6-4-3-5-7-20;1-12-7-9-17(10-8-12)19-11-16(20-21-17)13(2)14-3-5-15(18)6-4-14;1-13-8-10-17(11-9-13)18-12-16(19-20-17)14(2)15-6-4-3-5-7-15/h3-11,17,22H,2,12-16H2,1H3;3-6,12,16H,2,7-11H2,1H3;3-7,13,16H,2,8-12H2,1H3. The Hall–Kier alpha value is -3.97. The SMILES string of the molecule is C=C(c1ccc(-c2ccccc2)cc1)C1COC2(CCC(C)CC2)OO1.C=C(c1ccc(Cl)cc1)C1COC2(CCC(C)CC2)OO1.C=C(c1ccccc1)C1COC2(CCC(C)CC2)OO1. The Morgan fingerprint density at radius 3 is 1.04 bits per heavy atom. The molecule has 4 aromatic rings. The van der Waals surface area contributed by atoms with Gasteiger partial charge in [0.05, 0.1) is 19.8 Å². The molecule has 0 radical (unpaired) electrons. The second-order valence-corrected chi connectivity index (χ2v) is 20.0. The molecule has 6 fully saturated rings. The number of rotatable bonds is 7. The van der Waals surface area contributed by atoms with Crippen LogP contribution in [0.4, 0.5) is 0 Å². The molecule has 6 aliphatic rings. The Morgan fingerprint density at radius 2 is 0.716 bits per heavy atom. The van der Waals surface area contributed by atoms with Crippen molar-refractivity contribution in [2.45, 2.75) is 133 Å². The van der Waals surface area contributed by atoms with Crippen molar-refractivity contribution in [1.29, 1.82) is 0 Å². The van der Waals surface area contributed by atoms with E-state index < -0.39 is 17.4 Å². The van der Waals surface area contributed by atoms with Crippen molar-refractivity contribution in [3.63, 3.8) is 0 Å². The third kappa shape index (κ3) is 12.8. The minimum Gasteiger partial charge on any atom is -0.344 e. The Kier molecular flexibility index (Phi) is 16.7. The van der Waals surface area contributed by atoms with Crippen molar-refractivity contribution in [2.24, 2.45) is 17.8 Å². The summed E-state index contributed by atoms with van der Waals surface area (Å²) in [5.41, 5.74) is 8.16. The van der Waals surface area contributed by atoms with Crippen molar-refractivity contribution >= 4 is 28.3 Å². The first-order valence-electron chi connectivity index (χ1n) is 24.4. The summed E-state index contributed by atoms with van der Waals surface area (Å²) in [6.45, 7) is 20.7. The van der Waals surface area contributed by atoms with Crippen LogP contribution >= 0.6 is 11.6 Å². The first-order valence-corrected chi connectivity index (χ1v) is 24.8. The third-order valence-corrected chi connectivity index (χ3v) is 14.7. The van der Waals surface area contributed by atoms with Gasteiger partial charge in [-0.05, 0) is 113 Å². The molecule has 10 rings (SSSR count). The minimum absolute atomic E-state index is 0.220. The lowest BCUT2D eigenvalue weighted by molar-refractivity contribution is -0.484. The van der Waals surface area contributed by atoms with E-state index in [-0.39, 0.29) is 18.3 Å². The van der Waals surface area contributed by atoms with Gasteiger partial charge in [0.25, 0.3) is 0 Å². The van der Waals surface area contributed by atoms with E-state index in [0.717, 1.165) is 128 Å². The van der Waals surface area contributed by atoms with Gasteiger partial charge in [-0.15, -0.1) is 0 Å². The fraction of sp³-hybridized carbons (Fsp3) is 0.474. The second kappa shape index (κ2) is 22.6. The van der Waals surface area contributed by atoms with Crippen LogP contribution in [0.3, 0.4) is 0 Å². The summed E-state index contributed by atoms with van der Waals surface area (Å²) < 4.78 is 18.1. The van der Waals surface area contributed by atoms with Crippen LogP contribution in [0.15, 0.2) is 129 Å². The predicted octanol–water partition coefficient (Wildman–Crippen LogP) is 14.2. The van der Waals surface area contributed by atoms with E-state index in [0.29, 0.717) is 24.8 Å². The van der Waals surface area contributed by atoms with Crippen LogP contribution in [-0.4, -0.2) is 55.5 Å². The highest BCUT2D eigenvalue weighted by molar-refractivity contribution is 6.30. The molecular weight excluding hydrogens is 864 g/mol. The maximum Gasteiger partial charge on any atom is 0.201 e. The predicted molar refractivity (Wildman–Crippen MR) is 264 cm³/mol. The van der Waals surface area contributed by atoms with Crippen LogP contribution in [0.1, 0.15) is 115 Å². The number of hydrogen-bond acceptors (Lipinski definition) is 9. The van der Waals surface area contributed by atoms with E-state index in [1.54, 1.807) is 0 Å². The highest BCUT2D eigenvalue weighted by atomic mass is 35.5. The molecule has 0 aromatic heterocycles. The lowest BCUT2D eigenvalue weighted by Gasteiger charge is -2.42. The van der Waals surface area contributed by atoms with Crippen molar-refractivity contribution in [3.8, 4) is 11.1 Å². The Labute approximate surface area is 403 Å². The molecule has 3 aliphatic carbocycles. The molecule has 3 spiro atoms. The summed E-state index contributed by atoms with van der Waals surface area (Å²) in [4.78, 5) is 33.9. The normalized spacial score (nSPS) is 31.7. The molecule has 3 saturated heterocycles. The third-order valence-electron chi connectivity index (χ3n) is 14.4. The van der Waals surface area contributed by atoms with Crippen molar-refractivity contribution in [1.82, 2.24) is 0 Å². The first kappa shape index (κ1) is 49.5. The topological polar surface area (TPSA) is 83.1 Å². The summed E-state index contributed by atoms with van der Waals surface area (Å²) in [7, 11) is 0. The van der Waals surface area contributed by atoms with E-state index in [1.165, 1.54) is 11.1 Å². The van der Waals surface area contributed by atoms with E-state index in [4.69, 9.17) is 55.1 Å². The summed E-state index contributed by atoms with van der Waals surface area (Å²) in [5, 5.41) is 0.707. The fourth-order valence-electron chi connectivity index (χ4n) is 9.42. The quantitative estimate of drug-likeness (QED) is 0.168. The molecule has 3 aliphatic heterocycles. The molecule has 0 amide bonds. The number of halogens is 1. The van der Waals surface area contributed by atoms with Crippen LogP contribution in [0.2, 0.25) is 5.02 Å². The Morgan fingerprint density at radius 1 is 0.418 bits per heavy atom. The van der Waals surface area contributed by atoms with Gasteiger partial charge in [0.1, 0.15) is 18.3 Å². The molecule has 358 valence electrons. The molecule has 3 unspecified atom stereocenters. The summed E-state index contributed by atoms with van der Waals surface area (Å²) in [6, 6.07) is 36.3. The van der Waals surface area contributed by atoms with Gasteiger partial charge in [0.15, 0.2) is 0 Å². The molecule has 0 bridgehead atoms. The highest BCUT2D eigenvalue weighted by Gasteiger charge is 2.45. The van der Waals surface area contributed by atoms with Gasteiger partial charge in [-0.3, -0.25) is 0 Å². The van der Waals surface area contributed by atoms with E-state index in [9.17, 15) is 0 Å². The molecule has 3 saturated carbocycles.